The number of nitriles is 1. The smallest absolute Gasteiger partial charge is 0.261 e. The Bertz CT molecular complexity index is 854. The number of ether oxygens (including phenoxy) is 1. The molecule has 1 aliphatic rings. The number of hydrogen-bond acceptors (Lipinski definition) is 5. The Morgan fingerprint density at radius 3 is 2.48 bits per heavy atom. The van der Waals surface area contributed by atoms with Crippen LogP contribution in [0.25, 0.3) is 0 Å². The van der Waals surface area contributed by atoms with Crippen molar-refractivity contribution in [2.45, 2.75) is 17.5 Å². The highest BCUT2D eigenvalue weighted by atomic mass is 32.2. The number of carbonyl (C=O) groups is 1. The highest BCUT2D eigenvalue weighted by Gasteiger charge is 2.17. The molecule has 0 N–H and O–H groups in total. The Hall–Kier alpha value is -2.36. The van der Waals surface area contributed by atoms with E-state index >= 15 is 0 Å². The van der Waals surface area contributed by atoms with Gasteiger partial charge in [-0.1, -0.05) is 30.3 Å². The summed E-state index contributed by atoms with van der Waals surface area (Å²) < 4.78 is 6.22. The van der Waals surface area contributed by atoms with Crippen LogP contribution in [-0.2, 0) is 11.3 Å². The first-order valence-corrected chi connectivity index (χ1v) is 11.6. The number of rotatable bonds is 8. The van der Waals surface area contributed by atoms with Gasteiger partial charge in [0.25, 0.3) is 5.91 Å². The zero-order valence-corrected chi connectivity index (χ0v) is 17.9. The summed E-state index contributed by atoms with van der Waals surface area (Å²) in [7, 11) is 0. The maximum Gasteiger partial charge on any atom is 0.261 e. The number of benzene rings is 2. The van der Waals surface area contributed by atoms with Crippen molar-refractivity contribution in [1.82, 2.24) is 4.90 Å². The Kier molecular flexibility index (Phi) is 8.09. The van der Waals surface area contributed by atoms with Crippen LogP contribution in [0.5, 0.6) is 5.75 Å². The van der Waals surface area contributed by atoms with Crippen molar-refractivity contribution in [3.8, 4) is 11.8 Å². The third kappa shape index (κ3) is 6.31. The van der Waals surface area contributed by atoms with E-state index in [0.717, 1.165) is 5.56 Å². The summed E-state index contributed by atoms with van der Waals surface area (Å²) in [5, 5.41) is 8.91. The van der Waals surface area contributed by atoms with E-state index in [4.69, 9.17) is 10.00 Å². The van der Waals surface area contributed by atoms with Crippen molar-refractivity contribution in [3.05, 3.63) is 77.9 Å². The van der Waals surface area contributed by atoms with Crippen LogP contribution in [0.2, 0.25) is 0 Å². The van der Waals surface area contributed by atoms with E-state index in [-0.39, 0.29) is 12.5 Å². The Balaban J connectivity index is 1.55. The van der Waals surface area contributed by atoms with Crippen molar-refractivity contribution in [1.29, 1.82) is 5.26 Å². The predicted molar refractivity (Wildman–Crippen MR) is 121 cm³/mol. The van der Waals surface area contributed by atoms with Gasteiger partial charge in [-0.3, -0.25) is 4.79 Å². The molecular formula is C23H24N2O2S2. The highest BCUT2D eigenvalue weighted by molar-refractivity contribution is 8.16. The van der Waals surface area contributed by atoms with Gasteiger partial charge in [0.15, 0.2) is 6.61 Å². The quantitative estimate of drug-likeness (QED) is 0.557. The molecule has 2 aromatic rings. The third-order valence-corrected chi connectivity index (χ3v) is 7.52. The first-order chi connectivity index (χ1) is 14.2. The maximum atomic E-state index is 12.6. The van der Waals surface area contributed by atoms with Crippen molar-refractivity contribution >= 4 is 29.4 Å². The van der Waals surface area contributed by atoms with E-state index in [0.29, 0.717) is 29.0 Å². The SMILES string of the molecule is C=CCN(Cc1ccc(C#N)cc1)C(=O)COc1ccc(C2SCCCS2)cc1. The van der Waals surface area contributed by atoms with Gasteiger partial charge >= 0.3 is 0 Å². The second kappa shape index (κ2) is 11.0. The molecule has 3 rings (SSSR count). The van der Waals surface area contributed by atoms with E-state index in [1.807, 2.05) is 47.8 Å². The minimum atomic E-state index is -0.100. The molecule has 0 aliphatic carbocycles. The van der Waals surface area contributed by atoms with Crippen molar-refractivity contribution in [3.63, 3.8) is 0 Å². The summed E-state index contributed by atoms with van der Waals surface area (Å²) in [6.07, 6.45) is 2.98. The fraction of sp³-hybridized carbons (Fsp3) is 0.304. The minimum Gasteiger partial charge on any atom is -0.484 e. The second-order valence-corrected chi connectivity index (χ2v) is 9.38. The van der Waals surface area contributed by atoms with Crippen LogP contribution < -0.4 is 4.74 Å². The number of thioether (sulfide) groups is 2. The van der Waals surface area contributed by atoms with Crippen LogP contribution in [0.3, 0.4) is 0 Å². The average Bonchev–Trinajstić information content (AvgIpc) is 2.78. The molecule has 0 atom stereocenters. The number of hydrogen-bond donors (Lipinski definition) is 0. The number of carbonyl (C=O) groups excluding carboxylic acids is 1. The molecule has 0 radical (unpaired) electrons. The first-order valence-electron chi connectivity index (χ1n) is 9.53. The van der Waals surface area contributed by atoms with Crippen molar-refractivity contribution < 1.29 is 9.53 Å². The van der Waals surface area contributed by atoms with Crippen LogP contribution in [0.4, 0.5) is 0 Å². The van der Waals surface area contributed by atoms with Crippen LogP contribution >= 0.6 is 23.5 Å². The lowest BCUT2D eigenvalue weighted by atomic mass is 10.1. The largest absolute Gasteiger partial charge is 0.484 e. The molecule has 6 heteroatoms. The van der Waals surface area contributed by atoms with E-state index < -0.39 is 0 Å². The van der Waals surface area contributed by atoms with Crippen molar-refractivity contribution in [2.24, 2.45) is 0 Å². The monoisotopic (exact) mass is 424 g/mol. The summed E-state index contributed by atoms with van der Waals surface area (Å²) in [4.78, 5) is 14.3. The highest BCUT2D eigenvalue weighted by Crippen LogP contribution is 2.43. The standard InChI is InChI=1S/C23H24N2O2S2/c1-2-12-25(16-19-6-4-18(15-24)5-7-19)22(26)17-27-21-10-8-20(9-11-21)23-28-13-3-14-29-23/h2,4-11,23H,1,3,12-14,16-17H2. The molecule has 2 aromatic carbocycles. The molecule has 0 spiro atoms. The van der Waals surface area contributed by atoms with Gasteiger partial charge in [-0.25, -0.2) is 0 Å². The summed E-state index contributed by atoms with van der Waals surface area (Å²) in [6, 6.07) is 17.4. The molecule has 1 saturated heterocycles. The van der Waals surface area contributed by atoms with Gasteiger partial charge in [0.05, 0.1) is 16.2 Å². The predicted octanol–water partition coefficient (Wildman–Crippen LogP) is 5.02. The lowest BCUT2D eigenvalue weighted by Gasteiger charge is -2.22. The van der Waals surface area contributed by atoms with Crippen LogP contribution in [0.15, 0.2) is 61.2 Å². The van der Waals surface area contributed by atoms with Crippen molar-refractivity contribution in [2.75, 3.05) is 24.7 Å². The van der Waals surface area contributed by atoms with Crippen LogP contribution in [-0.4, -0.2) is 35.5 Å². The van der Waals surface area contributed by atoms with E-state index in [9.17, 15) is 4.79 Å². The van der Waals surface area contributed by atoms with E-state index in [1.54, 1.807) is 23.1 Å². The van der Waals surface area contributed by atoms with Gasteiger partial charge in [-0.05, 0) is 53.3 Å². The van der Waals surface area contributed by atoms with Gasteiger partial charge in [-0.2, -0.15) is 5.26 Å². The number of amides is 1. The molecule has 4 nitrogen and oxygen atoms in total. The molecular weight excluding hydrogens is 400 g/mol. The van der Waals surface area contributed by atoms with Gasteiger partial charge in [0.1, 0.15) is 5.75 Å². The van der Waals surface area contributed by atoms with Gasteiger partial charge in [0.2, 0.25) is 0 Å². The normalized spacial score (nSPS) is 14.0. The summed E-state index contributed by atoms with van der Waals surface area (Å²) >= 11 is 3.97. The summed E-state index contributed by atoms with van der Waals surface area (Å²) in [6.45, 7) is 4.62. The Morgan fingerprint density at radius 2 is 1.86 bits per heavy atom. The number of nitrogens with zero attached hydrogens (tertiary/aromatic N) is 2. The molecule has 150 valence electrons. The molecule has 1 aliphatic heterocycles. The molecule has 29 heavy (non-hydrogen) atoms. The first kappa shape index (κ1) is 21.4. The zero-order valence-electron chi connectivity index (χ0n) is 16.3. The third-order valence-electron chi connectivity index (χ3n) is 4.50. The molecule has 1 amide bonds. The van der Waals surface area contributed by atoms with Gasteiger partial charge in [-0.15, -0.1) is 30.1 Å². The maximum absolute atomic E-state index is 12.6. The second-order valence-electron chi connectivity index (χ2n) is 6.66. The molecule has 1 heterocycles. The van der Waals surface area contributed by atoms with Crippen LogP contribution in [0, 0.1) is 11.3 Å². The molecule has 0 saturated carbocycles. The Morgan fingerprint density at radius 1 is 1.17 bits per heavy atom. The summed E-state index contributed by atoms with van der Waals surface area (Å²) in [5.41, 5.74) is 2.87. The lowest BCUT2D eigenvalue weighted by Crippen LogP contribution is -2.34. The Labute approximate surface area is 180 Å². The van der Waals surface area contributed by atoms with Gasteiger partial charge in [0, 0.05) is 13.1 Å². The molecule has 1 fully saturated rings. The summed E-state index contributed by atoms with van der Waals surface area (Å²) in [5.74, 6) is 3.02. The minimum absolute atomic E-state index is 0.0175. The fourth-order valence-electron chi connectivity index (χ4n) is 2.95. The molecule has 0 aromatic heterocycles. The average molecular weight is 425 g/mol. The van der Waals surface area contributed by atoms with E-state index in [2.05, 4.69) is 24.8 Å². The van der Waals surface area contributed by atoms with Gasteiger partial charge < -0.3 is 9.64 Å². The molecule has 0 bridgehead atoms. The zero-order chi connectivity index (χ0) is 20.5. The van der Waals surface area contributed by atoms with E-state index in [1.165, 1.54) is 23.5 Å². The molecule has 0 unspecified atom stereocenters. The lowest BCUT2D eigenvalue weighted by molar-refractivity contribution is -0.133. The fourth-order valence-corrected chi connectivity index (χ4v) is 5.85. The topological polar surface area (TPSA) is 53.3 Å². The van der Waals surface area contributed by atoms with Crippen LogP contribution in [0.1, 0.15) is 27.7 Å².